The maximum Gasteiger partial charge on any atom is 0.0784 e. The van der Waals surface area contributed by atoms with Crippen molar-refractivity contribution >= 4 is 0 Å². The minimum atomic E-state index is -0.676. The summed E-state index contributed by atoms with van der Waals surface area (Å²) in [5.74, 6) is 0.576. The van der Waals surface area contributed by atoms with Crippen LogP contribution in [0.3, 0.4) is 0 Å². The molecule has 3 aliphatic carbocycles. The molecule has 0 spiro atoms. The van der Waals surface area contributed by atoms with Crippen molar-refractivity contribution in [1.29, 1.82) is 0 Å². The average Bonchev–Trinajstić information content (AvgIpc) is 2.81. The number of rotatable bonds is 2. The van der Waals surface area contributed by atoms with Crippen LogP contribution in [0.4, 0.5) is 0 Å². The first-order valence-electron chi connectivity index (χ1n) is 8.84. The molecule has 3 aliphatic rings. The van der Waals surface area contributed by atoms with Crippen LogP contribution >= 0.6 is 0 Å². The molecule has 1 fully saturated rings. The first kappa shape index (κ1) is 16.9. The summed E-state index contributed by atoms with van der Waals surface area (Å²) < 4.78 is 0. The third-order valence-corrected chi connectivity index (χ3v) is 6.62. The van der Waals surface area contributed by atoms with E-state index in [1.54, 1.807) is 6.08 Å². The van der Waals surface area contributed by atoms with E-state index in [1.807, 2.05) is 0 Å². The molecule has 5 atom stereocenters. The number of fused-ring (bicyclic) bond motifs is 3. The van der Waals surface area contributed by atoms with Gasteiger partial charge in [-0.15, -0.1) is 0 Å². The lowest BCUT2D eigenvalue weighted by molar-refractivity contribution is -0.00820. The Bertz CT molecular complexity index is 586. The predicted molar refractivity (Wildman–Crippen MR) is 91.7 cm³/mol. The highest BCUT2D eigenvalue weighted by Gasteiger charge is 2.53. The second-order valence-electron chi connectivity index (χ2n) is 8.43. The van der Waals surface area contributed by atoms with E-state index >= 15 is 0 Å². The van der Waals surface area contributed by atoms with Crippen molar-refractivity contribution < 1.29 is 15.3 Å². The highest BCUT2D eigenvalue weighted by atomic mass is 16.3. The minimum absolute atomic E-state index is 0.0485. The number of hydrogen-bond donors (Lipinski definition) is 3. The van der Waals surface area contributed by atoms with Gasteiger partial charge >= 0.3 is 0 Å². The van der Waals surface area contributed by atoms with Gasteiger partial charge in [-0.2, -0.15) is 0 Å². The fourth-order valence-corrected chi connectivity index (χ4v) is 4.91. The largest absolute Gasteiger partial charge is 0.392 e. The predicted octanol–water partition coefficient (Wildman–Crippen LogP) is 2.98. The van der Waals surface area contributed by atoms with Gasteiger partial charge in [0.05, 0.1) is 18.8 Å². The summed E-state index contributed by atoms with van der Waals surface area (Å²) in [6.45, 7) is 8.68. The first-order valence-corrected chi connectivity index (χ1v) is 8.84. The van der Waals surface area contributed by atoms with Crippen molar-refractivity contribution in [3.05, 3.63) is 34.9 Å². The van der Waals surface area contributed by atoms with E-state index in [9.17, 15) is 15.3 Å². The van der Waals surface area contributed by atoms with Crippen LogP contribution in [-0.2, 0) is 0 Å². The molecule has 3 heteroatoms. The Morgan fingerprint density at radius 2 is 1.91 bits per heavy atom. The van der Waals surface area contributed by atoms with E-state index in [2.05, 4.69) is 39.8 Å². The molecule has 0 heterocycles. The van der Waals surface area contributed by atoms with Gasteiger partial charge in [0.25, 0.3) is 0 Å². The first-order chi connectivity index (χ1) is 10.7. The minimum Gasteiger partial charge on any atom is -0.392 e. The third-order valence-electron chi connectivity index (χ3n) is 6.62. The van der Waals surface area contributed by atoms with Crippen molar-refractivity contribution in [1.82, 2.24) is 0 Å². The molecule has 0 radical (unpaired) electrons. The summed E-state index contributed by atoms with van der Waals surface area (Å²) in [7, 11) is 0. The van der Waals surface area contributed by atoms with Gasteiger partial charge < -0.3 is 15.3 Å². The van der Waals surface area contributed by atoms with Crippen molar-refractivity contribution in [3.63, 3.8) is 0 Å². The molecule has 0 bridgehead atoms. The third kappa shape index (κ3) is 2.45. The number of aliphatic hydroxyl groups is 3. The van der Waals surface area contributed by atoms with Crippen LogP contribution in [0.25, 0.3) is 0 Å². The SMILES string of the molecule is CC(C)C1=C2[C@H]3C[C@@H](O)C(CO)=C[C@H](O)[C@]3(C)CC[C@@]2(C)C=C1. The van der Waals surface area contributed by atoms with E-state index < -0.39 is 12.2 Å². The second-order valence-corrected chi connectivity index (χ2v) is 8.43. The maximum absolute atomic E-state index is 10.9. The fourth-order valence-electron chi connectivity index (χ4n) is 4.91. The van der Waals surface area contributed by atoms with Crippen molar-refractivity contribution in [2.75, 3.05) is 6.61 Å². The molecule has 0 unspecified atom stereocenters. The summed E-state index contributed by atoms with van der Waals surface area (Å²) >= 11 is 0. The molecule has 3 nitrogen and oxygen atoms in total. The van der Waals surface area contributed by atoms with E-state index in [-0.39, 0.29) is 23.4 Å². The molecule has 1 saturated carbocycles. The fraction of sp³-hybridized carbons (Fsp3) is 0.700. The van der Waals surface area contributed by atoms with Gasteiger partial charge in [0.1, 0.15) is 0 Å². The summed E-state index contributed by atoms with van der Waals surface area (Å²) in [4.78, 5) is 0. The Labute approximate surface area is 139 Å². The summed E-state index contributed by atoms with van der Waals surface area (Å²) in [5.41, 5.74) is 3.11. The Balaban J connectivity index is 2.12. The zero-order valence-corrected chi connectivity index (χ0v) is 14.7. The van der Waals surface area contributed by atoms with Gasteiger partial charge in [-0.1, -0.05) is 51.5 Å². The Kier molecular flexibility index (Phi) is 4.11. The molecule has 0 aromatic rings. The van der Waals surface area contributed by atoms with Gasteiger partial charge in [0.2, 0.25) is 0 Å². The zero-order valence-electron chi connectivity index (χ0n) is 14.7. The molecule has 3 N–H and O–H groups in total. The standard InChI is InChI=1S/C20H30O3/c1-12(2)14-5-6-19(3)7-8-20(4)15(18(14)19)10-16(22)13(11-21)9-17(20)23/h5-6,9,12,15-17,21-23H,7-8,10-11H2,1-4H3/t15-,16-,17+,19-,20-/m1/s1. The Morgan fingerprint density at radius 3 is 2.52 bits per heavy atom. The molecule has 0 amide bonds. The van der Waals surface area contributed by atoms with Crippen molar-refractivity contribution in [2.24, 2.45) is 22.7 Å². The molecule has 0 aliphatic heterocycles. The Morgan fingerprint density at radius 1 is 1.22 bits per heavy atom. The van der Waals surface area contributed by atoms with Crippen LogP contribution in [-0.4, -0.2) is 34.1 Å². The number of hydrogen-bond acceptors (Lipinski definition) is 3. The van der Waals surface area contributed by atoms with Crippen LogP contribution in [0.2, 0.25) is 0 Å². The maximum atomic E-state index is 10.9. The Hall–Kier alpha value is -0.900. The smallest absolute Gasteiger partial charge is 0.0784 e. The lowest BCUT2D eigenvalue weighted by atomic mass is 9.54. The molecule has 0 aromatic carbocycles. The van der Waals surface area contributed by atoms with Crippen LogP contribution < -0.4 is 0 Å². The van der Waals surface area contributed by atoms with Gasteiger partial charge in [0.15, 0.2) is 0 Å². The number of allylic oxidation sites excluding steroid dienone is 4. The molecule has 0 aromatic heterocycles. The molecule has 128 valence electrons. The topological polar surface area (TPSA) is 60.7 Å². The van der Waals surface area contributed by atoms with Gasteiger partial charge in [-0.3, -0.25) is 0 Å². The lowest BCUT2D eigenvalue weighted by Gasteiger charge is -2.51. The zero-order chi connectivity index (χ0) is 17.0. The molecule has 23 heavy (non-hydrogen) atoms. The molecular formula is C20H30O3. The van der Waals surface area contributed by atoms with Crippen LogP contribution in [0.5, 0.6) is 0 Å². The normalized spacial score (nSPS) is 43.3. The average molecular weight is 318 g/mol. The van der Waals surface area contributed by atoms with Crippen molar-refractivity contribution in [3.8, 4) is 0 Å². The molecule has 0 saturated heterocycles. The van der Waals surface area contributed by atoms with Crippen LogP contribution in [0, 0.1) is 22.7 Å². The highest BCUT2D eigenvalue weighted by Crippen LogP contribution is 2.60. The van der Waals surface area contributed by atoms with Crippen LogP contribution in [0.1, 0.15) is 47.0 Å². The van der Waals surface area contributed by atoms with E-state index in [1.165, 1.54) is 11.1 Å². The quantitative estimate of drug-likeness (QED) is 0.686. The van der Waals surface area contributed by atoms with Crippen LogP contribution in [0.15, 0.2) is 34.9 Å². The van der Waals surface area contributed by atoms with Gasteiger partial charge in [-0.05, 0) is 42.2 Å². The van der Waals surface area contributed by atoms with E-state index in [4.69, 9.17) is 0 Å². The molecular weight excluding hydrogens is 288 g/mol. The van der Waals surface area contributed by atoms with Gasteiger partial charge in [0, 0.05) is 10.8 Å². The summed E-state index contributed by atoms with van der Waals surface area (Å²) in [6, 6.07) is 0. The van der Waals surface area contributed by atoms with Gasteiger partial charge in [-0.25, -0.2) is 0 Å². The summed E-state index contributed by atoms with van der Waals surface area (Å²) in [5, 5.41) is 31.0. The molecule has 3 rings (SSSR count). The number of aliphatic hydroxyl groups excluding tert-OH is 3. The second kappa shape index (κ2) is 5.58. The van der Waals surface area contributed by atoms with Crippen molar-refractivity contribution in [2.45, 2.75) is 59.2 Å². The monoisotopic (exact) mass is 318 g/mol. The van der Waals surface area contributed by atoms with E-state index in [0.29, 0.717) is 17.9 Å². The summed E-state index contributed by atoms with van der Waals surface area (Å²) in [6.07, 6.45) is 7.52. The van der Waals surface area contributed by atoms with E-state index in [0.717, 1.165) is 12.8 Å². The highest BCUT2D eigenvalue weighted by molar-refractivity contribution is 5.46. The lowest BCUT2D eigenvalue weighted by Crippen LogP contribution is -2.46.